The highest BCUT2D eigenvalue weighted by molar-refractivity contribution is 5.34. The number of benzene rings is 1. The summed E-state index contributed by atoms with van der Waals surface area (Å²) in [7, 11) is 0. The van der Waals surface area contributed by atoms with Crippen LogP contribution >= 0.6 is 0 Å². The number of allylic oxidation sites excluding steroid dienone is 1. The van der Waals surface area contributed by atoms with Crippen molar-refractivity contribution in [1.82, 2.24) is 0 Å². The molecule has 0 aromatic heterocycles. The van der Waals surface area contributed by atoms with E-state index in [1.54, 1.807) is 25.1 Å². The molecule has 0 aliphatic rings. The normalized spacial score (nSPS) is 11.4. The van der Waals surface area contributed by atoms with E-state index in [9.17, 15) is 8.78 Å². The van der Waals surface area contributed by atoms with E-state index in [1.165, 1.54) is 13.0 Å². The maximum Gasteiger partial charge on any atom is 0.294 e. The molecule has 2 heteroatoms. The lowest BCUT2D eigenvalue weighted by Crippen LogP contribution is -2.15. The fourth-order valence-electron chi connectivity index (χ4n) is 1.16. The van der Waals surface area contributed by atoms with Crippen LogP contribution in [0.3, 0.4) is 0 Å². The zero-order valence-electron chi connectivity index (χ0n) is 7.77. The summed E-state index contributed by atoms with van der Waals surface area (Å²) in [4.78, 5) is 0. The maximum absolute atomic E-state index is 13.4. The molecule has 70 valence electrons. The van der Waals surface area contributed by atoms with Crippen LogP contribution in [0.25, 0.3) is 0 Å². The minimum absolute atomic E-state index is 0.0440. The number of aryl methyl sites for hydroxylation is 1. The van der Waals surface area contributed by atoms with E-state index in [0.717, 1.165) is 0 Å². The van der Waals surface area contributed by atoms with Crippen LogP contribution in [-0.2, 0) is 5.92 Å². The fraction of sp³-hybridized carbons (Fsp3) is 0.273. The first-order valence-electron chi connectivity index (χ1n) is 4.06. The zero-order valence-corrected chi connectivity index (χ0v) is 7.77. The Kier molecular flexibility index (Phi) is 2.50. The van der Waals surface area contributed by atoms with Gasteiger partial charge in [-0.25, -0.2) is 0 Å². The quantitative estimate of drug-likeness (QED) is 0.612. The Balaban J connectivity index is 3.22. The van der Waals surface area contributed by atoms with Crippen LogP contribution in [-0.4, -0.2) is 0 Å². The van der Waals surface area contributed by atoms with Crippen LogP contribution in [0.4, 0.5) is 8.78 Å². The van der Waals surface area contributed by atoms with E-state index in [-0.39, 0.29) is 11.1 Å². The second-order valence-corrected chi connectivity index (χ2v) is 3.17. The summed E-state index contributed by atoms with van der Waals surface area (Å²) in [5.41, 5.74) is 0.514. The van der Waals surface area contributed by atoms with Crippen LogP contribution in [0, 0.1) is 6.92 Å². The van der Waals surface area contributed by atoms with E-state index in [0.29, 0.717) is 5.56 Å². The van der Waals surface area contributed by atoms with Gasteiger partial charge in [0.05, 0.1) is 0 Å². The second-order valence-electron chi connectivity index (χ2n) is 3.17. The molecule has 0 bridgehead atoms. The predicted molar refractivity (Wildman–Crippen MR) is 49.9 cm³/mol. The molecular weight excluding hydrogens is 170 g/mol. The van der Waals surface area contributed by atoms with Gasteiger partial charge in [0.2, 0.25) is 0 Å². The second kappa shape index (κ2) is 3.29. The van der Waals surface area contributed by atoms with Crippen molar-refractivity contribution in [3.05, 3.63) is 47.5 Å². The first kappa shape index (κ1) is 9.90. The lowest BCUT2D eigenvalue weighted by atomic mass is 9.98. The average molecular weight is 182 g/mol. The van der Waals surface area contributed by atoms with E-state index in [4.69, 9.17) is 0 Å². The Hall–Kier alpha value is -1.18. The Labute approximate surface area is 76.9 Å². The van der Waals surface area contributed by atoms with Crippen molar-refractivity contribution < 1.29 is 8.78 Å². The number of rotatable bonds is 2. The summed E-state index contributed by atoms with van der Waals surface area (Å²) < 4.78 is 26.9. The molecular formula is C11H12F2. The van der Waals surface area contributed by atoms with Crippen molar-refractivity contribution in [3.63, 3.8) is 0 Å². The van der Waals surface area contributed by atoms with Gasteiger partial charge in [-0.15, -0.1) is 0 Å². The highest BCUT2D eigenvalue weighted by Crippen LogP contribution is 2.35. The molecule has 0 saturated carbocycles. The number of alkyl halides is 2. The molecule has 0 N–H and O–H groups in total. The van der Waals surface area contributed by atoms with Gasteiger partial charge in [-0.05, 0) is 25.0 Å². The largest absolute Gasteiger partial charge is 0.294 e. The molecule has 0 amide bonds. The molecule has 0 saturated heterocycles. The lowest BCUT2D eigenvalue weighted by molar-refractivity contribution is 0.0379. The lowest BCUT2D eigenvalue weighted by Gasteiger charge is -2.18. The summed E-state index contributed by atoms with van der Waals surface area (Å²) in [6, 6.07) is 6.46. The van der Waals surface area contributed by atoms with Crippen molar-refractivity contribution in [2.24, 2.45) is 0 Å². The predicted octanol–water partition coefficient (Wildman–Crippen LogP) is 3.66. The van der Waals surface area contributed by atoms with Crippen LogP contribution in [0.15, 0.2) is 36.4 Å². The van der Waals surface area contributed by atoms with Crippen molar-refractivity contribution in [1.29, 1.82) is 0 Å². The molecule has 0 aliphatic carbocycles. The number of hydrogen-bond acceptors (Lipinski definition) is 0. The van der Waals surface area contributed by atoms with E-state index >= 15 is 0 Å². The Morgan fingerprint density at radius 3 is 2.31 bits per heavy atom. The van der Waals surface area contributed by atoms with Gasteiger partial charge in [-0.2, -0.15) is 8.78 Å². The SMILES string of the molecule is C=C(C)C(F)(F)c1ccccc1C. The molecule has 0 atom stereocenters. The van der Waals surface area contributed by atoms with E-state index < -0.39 is 5.92 Å². The van der Waals surface area contributed by atoms with Gasteiger partial charge >= 0.3 is 0 Å². The van der Waals surface area contributed by atoms with Gasteiger partial charge in [0, 0.05) is 5.56 Å². The Morgan fingerprint density at radius 2 is 1.85 bits per heavy atom. The van der Waals surface area contributed by atoms with Crippen molar-refractivity contribution in [2.75, 3.05) is 0 Å². The monoisotopic (exact) mass is 182 g/mol. The summed E-state index contributed by atoms with van der Waals surface area (Å²) >= 11 is 0. The summed E-state index contributed by atoms with van der Waals surface area (Å²) in [6.07, 6.45) is 0. The van der Waals surface area contributed by atoms with Crippen molar-refractivity contribution in [3.8, 4) is 0 Å². The molecule has 1 aromatic carbocycles. The molecule has 13 heavy (non-hydrogen) atoms. The highest BCUT2D eigenvalue weighted by Gasteiger charge is 2.33. The minimum atomic E-state index is -2.91. The van der Waals surface area contributed by atoms with Crippen molar-refractivity contribution >= 4 is 0 Å². The number of hydrogen-bond donors (Lipinski definition) is 0. The summed E-state index contributed by atoms with van der Waals surface area (Å²) in [6.45, 7) is 6.31. The van der Waals surface area contributed by atoms with Crippen LogP contribution in [0.5, 0.6) is 0 Å². The molecule has 0 fully saturated rings. The zero-order chi connectivity index (χ0) is 10.1. The third-order valence-electron chi connectivity index (χ3n) is 2.02. The fourth-order valence-corrected chi connectivity index (χ4v) is 1.16. The molecule has 0 heterocycles. The summed E-state index contributed by atoms with van der Waals surface area (Å²) in [5.74, 6) is -2.91. The molecule has 0 radical (unpaired) electrons. The molecule has 1 aromatic rings. The van der Waals surface area contributed by atoms with Crippen LogP contribution in [0.2, 0.25) is 0 Å². The summed E-state index contributed by atoms with van der Waals surface area (Å²) in [5, 5.41) is 0. The standard InChI is InChI=1S/C11H12F2/c1-8(2)11(12,13)10-7-5-4-6-9(10)3/h4-7H,1H2,2-3H3. The highest BCUT2D eigenvalue weighted by atomic mass is 19.3. The van der Waals surface area contributed by atoms with Crippen LogP contribution in [0.1, 0.15) is 18.1 Å². The van der Waals surface area contributed by atoms with Gasteiger partial charge in [0.1, 0.15) is 0 Å². The van der Waals surface area contributed by atoms with E-state index in [1.807, 2.05) is 0 Å². The van der Waals surface area contributed by atoms with Crippen molar-refractivity contribution in [2.45, 2.75) is 19.8 Å². The topological polar surface area (TPSA) is 0 Å². The van der Waals surface area contributed by atoms with Gasteiger partial charge in [-0.3, -0.25) is 0 Å². The van der Waals surface area contributed by atoms with Gasteiger partial charge < -0.3 is 0 Å². The molecule has 0 spiro atoms. The molecule has 1 rings (SSSR count). The number of halogens is 2. The molecule has 0 unspecified atom stereocenters. The maximum atomic E-state index is 13.4. The Bertz CT molecular complexity index is 327. The molecule has 0 aliphatic heterocycles. The van der Waals surface area contributed by atoms with Crippen LogP contribution < -0.4 is 0 Å². The van der Waals surface area contributed by atoms with Gasteiger partial charge in [0.15, 0.2) is 0 Å². The average Bonchev–Trinajstić information content (AvgIpc) is 2.04. The molecule has 0 nitrogen and oxygen atoms in total. The third kappa shape index (κ3) is 1.77. The van der Waals surface area contributed by atoms with Gasteiger partial charge in [-0.1, -0.05) is 30.8 Å². The smallest absolute Gasteiger partial charge is 0.196 e. The first-order valence-corrected chi connectivity index (χ1v) is 4.06. The van der Waals surface area contributed by atoms with E-state index in [2.05, 4.69) is 6.58 Å². The first-order chi connectivity index (χ1) is 5.96. The Morgan fingerprint density at radius 1 is 1.31 bits per heavy atom. The van der Waals surface area contributed by atoms with Gasteiger partial charge in [0.25, 0.3) is 5.92 Å². The minimum Gasteiger partial charge on any atom is -0.196 e. The third-order valence-corrected chi connectivity index (χ3v) is 2.02.